The van der Waals surface area contributed by atoms with Crippen LogP contribution in [-0.4, -0.2) is 5.91 Å². The van der Waals surface area contributed by atoms with Gasteiger partial charge in [-0.1, -0.05) is 23.2 Å². The van der Waals surface area contributed by atoms with E-state index in [4.69, 9.17) is 16.0 Å². The van der Waals surface area contributed by atoms with E-state index in [1.165, 1.54) is 6.07 Å². The zero-order valence-electron chi connectivity index (χ0n) is 11.7. The van der Waals surface area contributed by atoms with E-state index in [0.29, 0.717) is 21.7 Å². The lowest BCUT2D eigenvalue weighted by Crippen LogP contribution is -2.14. The molecular weight excluding hydrogens is 302 g/mol. The molecule has 1 aromatic heterocycles. The summed E-state index contributed by atoms with van der Waals surface area (Å²) >= 11 is 5.79. The van der Waals surface area contributed by atoms with Gasteiger partial charge in [0.05, 0.1) is 5.39 Å². The van der Waals surface area contributed by atoms with Crippen LogP contribution in [0.4, 0.5) is 5.69 Å². The number of aryl methyl sites for hydroxylation is 1. The molecule has 0 atom stereocenters. The maximum atomic E-state index is 12.2. The van der Waals surface area contributed by atoms with E-state index >= 15 is 0 Å². The van der Waals surface area contributed by atoms with Crippen molar-refractivity contribution < 1.29 is 9.21 Å². The Balaban J connectivity index is 1.96. The maximum absolute atomic E-state index is 12.2. The summed E-state index contributed by atoms with van der Waals surface area (Å²) in [5.74, 6) is -0.516. The fourth-order valence-corrected chi connectivity index (χ4v) is 2.23. The van der Waals surface area contributed by atoms with Gasteiger partial charge in [0.1, 0.15) is 5.58 Å². The minimum atomic E-state index is -0.484. The van der Waals surface area contributed by atoms with E-state index in [1.807, 2.05) is 13.0 Å². The second-order valence-electron chi connectivity index (χ2n) is 4.94. The highest BCUT2D eigenvalue weighted by Crippen LogP contribution is 2.17. The van der Waals surface area contributed by atoms with Crippen molar-refractivity contribution in [3.05, 3.63) is 75.1 Å². The Kier molecular flexibility index (Phi) is 3.69. The lowest BCUT2D eigenvalue weighted by molar-refractivity contribution is 0.0997. The summed E-state index contributed by atoms with van der Waals surface area (Å²) < 4.78 is 5.52. The number of hydrogen-bond donors (Lipinski definition) is 1. The van der Waals surface area contributed by atoms with Gasteiger partial charge >= 0.3 is 0 Å². The molecule has 0 aliphatic carbocycles. The van der Waals surface area contributed by atoms with E-state index < -0.39 is 5.91 Å². The lowest BCUT2D eigenvalue weighted by Gasteiger charge is -2.06. The third-order valence-corrected chi connectivity index (χ3v) is 3.46. The normalized spacial score (nSPS) is 10.6. The van der Waals surface area contributed by atoms with Crippen molar-refractivity contribution in [2.24, 2.45) is 0 Å². The van der Waals surface area contributed by atoms with Crippen LogP contribution in [0.3, 0.4) is 0 Å². The molecule has 0 aliphatic rings. The van der Waals surface area contributed by atoms with Crippen molar-refractivity contribution in [1.82, 2.24) is 0 Å². The third-order valence-electron chi connectivity index (χ3n) is 3.21. The van der Waals surface area contributed by atoms with Crippen LogP contribution in [-0.2, 0) is 0 Å². The number of fused-ring (bicyclic) bond motifs is 1. The predicted octanol–water partition coefficient (Wildman–Crippen LogP) is 4.01. The molecule has 0 saturated heterocycles. The molecule has 0 aliphatic heterocycles. The van der Waals surface area contributed by atoms with Crippen LogP contribution in [0.1, 0.15) is 16.1 Å². The van der Waals surface area contributed by atoms with Crippen LogP contribution < -0.4 is 10.7 Å². The highest BCUT2D eigenvalue weighted by atomic mass is 35.5. The maximum Gasteiger partial charge on any atom is 0.291 e. The van der Waals surface area contributed by atoms with Gasteiger partial charge in [0.25, 0.3) is 5.91 Å². The minimum Gasteiger partial charge on any atom is -0.451 e. The topological polar surface area (TPSA) is 59.3 Å². The zero-order chi connectivity index (χ0) is 15.7. The number of hydrogen-bond acceptors (Lipinski definition) is 3. The highest BCUT2D eigenvalue weighted by Gasteiger charge is 2.12. The van der Waals surface area contributed by atoms with E-state index in [9.17, 15) is 9.59 Å². The van der Waals surface area contributed by atoms with E-state index in [0.717, 1.165) is 5.56 Å². The molecule has 0 spiro atoms. The second-order valence-corrected chi connectivity index (χ2v) is 5.37. The van der Waals surface area contributed by atoms with Gasteiger partial charge < -0.3 is 9.73 Å². The standard InChI is InChI=1S/C17H12ClNO3/c1-10-2-7-15-13(8-10)14(20)9-16(22-15)17(21)19-12-5-3-11(18)4-6-12/h2-9H,1H3,(H,19,21). The van der Waals surface area contributed by atoms with Gasteiger partial charge in [-0.05, 0) is 43.3 Å². The summed E-state index contributed by atoms with van der Waals surface area (Å²) in [6.45, 7) is 1.89. The van der Waals surface area contributed by atoms with E-state index in [-0.39, 0.29) is 11.2 Å². The average molecular weight is 314 g/mol. The molecule has 4 nitrogen and oxygen atoms in total. The molecular formula is C17H12ClNO3. The molecule has 2 aromatic carbocycles. The summed E-state index contributed by atoms with van der Waals surface area (Å²) in [6, 6.07) is 13.1. The number of nitrogens with one attached hydrogen (secondary N) is 1. The van der Waals surface area contributed by atoms with Crippen molar-refractivity contribution in [1.29, 1.82) is 0 Å². The van der Waals surface area contributed by atoms with Crippen molar-refractivity contribution in [2.75, 3.05) is 5.32 Å². The fourth-order valence-electron chi connectivity index (χ4n) is 2.11. The number of halogens is 1. The number of benzene rings is 2. The molecule has 0 radical (unpaired) electrons. The number of amides is 1. The van der Waals surface area contributed by atoms with Gasteiger partial charge in [-0.2, -0.15) is 0 Å². The molecule has 0 fully saturated rings. The Morgan fingerprint density at radius 3 is 2.55 bits per heavy atom. The van der Waals surface area contributed by atoms with Crippen LogP contribution in [0.5, 0.6) is 0 Å². The highest BCUT2D eigenvalue weighted by molar-refractivity contribution is 6.30. The van der Waals surface area contributed by atoms with Crippen LogP contribution in [0.25, 0.3) is 11.0 Å². The second kappa shape index (κ2) is 5.66. The Bertz CT molecular complexity index is 913. The molecule has 110 valence electrons. The summed E-state index contributed by atoms with van der Waals surface area (Å²) in [7, 11) is 0. The monoisotopic (exact) mass is 313 g/mol. The van der Waals surface area contributed by atoms with Crippen molar-refractivity contribution >= 4 is 34.2 Å². The molecule has 0 saturated carbocycles. The first-order valence-electron chi connectivity index (χ1n) is 6.64. The Morgan fingerprint density at radius 2 is 1.82 bits per heavy atom. The zero-order valence-corrected chi connectivity index (χ0v) is 12.5. The Hall–Kier alpha value is -2.59. The first-order valence-corrected chi connectivity index (χ1v) is 7.02. The summed E-state index contributed by atoms with van der Waals surface area (Å²) in [4.78, 5) is 24.3. The minimum absolute atomic E-state index is 0.0312. The van der Waals surface area contributed by atoms with Gasteiger partial charge in [0.2, 0.25) is 0 Å². The molecule has 1 N–H and O–H groups in total. The lowest BCUT2D eigenvalue weighted by atomic mass is 10.1. The van der Waals surface area contributed by atoms with Crippen LogP contribution >= 0.6 is 11.6 Å². The van der Waals surface area contributed by atoms with Crippen LogP contribution in [0.2, 0.25) is 5.02 Å². The molecule has 5 heteroatoms. The van der Waals surface area contributed by atoms with Crippen molar-refractivity contribution in [2.45, 2.75) is 6.92 Å². The summed E-state index contributed by atoms with van der Waals surface area (Å²) in [5, 5.41) is 3.69. The number of carbonyl (C=O) groups excluding carboxylic acids is 1. The molecule has 0 unspecified atom stereocenters. The fraction of sp³-hybridized carbons (Fsp3) is 0.0588. The molecule has 3 rings (SSSR count). The van der Waals surface area contributed by atoms with Gasteiger partial charge in [0, 0.05) is 16.8 Å². The number of anilines is 1. The van der Waals surface area contributed by atoms with Gasteiger partial charge in [-0.25, -0.2) is 0 Å². The van der Waals surface area contributed by atoms with E-state index in [1.54, 1.807) is 36.4 Å². The van der Waals surface area contributed by atoms with Crippen molar-refractivity contribution in [3.63, 3.8) is 0 Å². The molecule has 0 bridgehead atoms. The number of rotatable bonds is 2. The first-order chi connectivity index (χ1) is 10.5. The summed E-state index contributed by atoms with van der Waals surface area (Å²) in [6.07, 6.45) is 0. The van der Waals surface area contributed by atoms with Crippen LogP contribution in [0, 0.1) is 6.92 Å². The number of carbonyl (C=O) groups is 1. The SMILES string of the molecule is Cc1ccc2oc(C(=O)Nc3ccc(Cl)cc3)cc(=O)c2c1. The molecule has 3 aromatic rings. The van der Waals surface area contributed by atoms with Gasteiger partial charge in [-0.3, -0.25) is 9.59 Å². The van der Waals surface area contributed by atoms with Gasteiger partial charge in [0.15, 0.2) is 11.2 Å². The largest absolute Gasteiger partial charge is 0.451 e. The predicted molar refractivity (Wildman–Crippen MR) is 86.6 cm³/mol. The average Bonchev–Trinajstić information content (AvgIpc) is 2.50. The Morgan fingerprint density at radius 1 is 1.09 bits per heavy atom. The Labute approximate surface area is 131 Å². The van der Waals surface area contributed by atoms with Crippen LogP contribution in [0.15, 0.2) is 57.7 Å². The van der Waals surface area contributed by atoms with Gasteiger partial charge in [-0.15, -0.1) is 0 Å². The smallest absolute Gasteiger partial charge is 0.291 e. The molecule has 22 heavy (non-hydrogen) atoms. The molecule has 1 heterocycles. The quantitative estimate of drug-likeness (QED) is 0.777. The van der Waals surface area contributed by atoms with Crippen molar-refractivity contribution in [3.8, 4) is 0 Å². The first kappa shape index (κ1) is 14.4. The molecule has 1 amide bonds. The third kappa shape index (κ3) is 2.87. The van der Waals surface area contributed by atoms with E-state index in [2.05, 4.69) is 5.32 Å². The summed E-state index contributed by atoms with van der Waals surface area (Å²) in [5.41, 5.74) is 1.67.